The van der Waals surface area contributed by atoms with Crippen molar-refractivity contribution in [1.82, 2.24) is 5.16 Å². The molecule has 0 radical (unpaired) electrons. The van der Waals surface area contributed by atoms with Gasteiger partial charge < -0.3 is 4.52 Å². The standard InChI is InChI=1S/C18H20N2O3S2/c1-10-7-6-8-15(9-10)20-25(21,22)18-14(5)24-13(4)16(18)17-11(2)12(3)19-23-17/h6-9,20H,1-5H3. The second kappa shape index (κ2) is 6.31. The van der Waals surface area contributed by atoms with Crippen LogP contribution in [0, 0.1) is 34.6 Å². The fraction of sp³-hybridized carbons (Fsp3) is 0.278. The molecule has 132 valence electrons. The summed E-state index contributed by atoms with van der Waals surface area (Å²) in [5.41, 5.74) is 3.74. The summed E-state index contributed by atoms with van der Waals surface area (Å²) in [5, 5.41) is 3.98. The van der Waals surface area contributed by atoms with Crippen LogP contribution < -0.4 is 4.72 Å². The molecule has 0 aliphatic heterocycles. The summed E-state index contributed by atoms with van der Waals surface area (Å²) >= 11 is 1.44. The van der Waals surface area contributed by atoms with Gasteiger partial charge in [-0.15, -0.1) is 11.3 Å². The second-order valence-electron chi connectivity index (χ2n) is 6.12. The zero-order valence-corrected chi connectivity index (χ0v) is 16.4. The van der Waals surface area contributed by atoms with E-state index in [9.17, 15) is 8.42 Å². The van der Waals surface area contributed by atoms with E-state index in [2.05, 4.69) is 9.88 Å². The zero-order chi connectivity index (χ0) is 18.4. The van der Waals surface area contributed by atoms with Gasteiger partial charge in [0.05, 0.1) is 11.3 Å². The van der Waals surface area contributed by atoms with Crippen LogP contribution in [0.5, 0.6) is 0 Å². The Morgan fingerprint density at radius 3 is 2.40 bits per heavy atom. The minimum atomic E-state index is -3.75. The Hall–Kier alpha value is -2.12. The molecular formula is C18H20N2O3S2. The summed E-state index contributed by atoms with van der Waals surface area (Å²) in [4.78, 5) is 1.87. The number of aromatic nitrogens is 1. The molecule has 1 aromatic carbocycles. The molecule has 3 aromatic rings. The molecule has 0 bridgehead atoms. The van der Waals surface area contributed by atoms with Crippen molar-refractivity contribution in [2.24, 2.45) is 0 Å². The lowest BCUT2D eigenvalue weighted by atomic mass is 10.1. The first-order chi connectivity index (χ1) is 11.7. The van der Waals surface area contributed by atoms with Gasteiger partial charge in [0.1, 0.15) is 4.90 Å². The number of hydrogen-bond donors (Lipinski definition) is 1. The van der Waals surface area contributed by atoms with Crippen LogP contribution in [0.4, 0.5) is 5.69 Å². The highest BCUT2D eigenvalue weighted by Crippen LogP contribution is 2.41. The van der Waals surface area contributed by atoms with Gasteiger partial charge in [-0.05, 0) is 52.3 Å². The van der Waals surface area contributed by atoms with Gasteiger partial charge in [0.25, 0.3) is 10.0 Å². The maximum Gasteiger partial charge on any atom is 0.263 e. The maximum absolute atomic E-state index is 13.1. The number of aryl methyl sites for hydroxylation is 4. The molecule has 0 saturated carbocycles. The number of benzene rings is 1. The molecule has 0 aliphatic carbocycles. The third-order valence-electron chi connectivity index (χ3n) is 4.13. The molecule has 7 heteroatoms. The molecule has 2 heterocycles. The molecule has 0 spiro atoms. The smallest absolute Gasteiger partial charge is 0.263 e. The average molecular weight is 377 g/mol. The fourth-order valence-electron chi connectivity index (χ4n) is 2.81. The Labute approximate surface area is 151 Å². The minimum absolute atomic E-state index is 0.260. The lowest BCUT2D eigenvalue weighted by Gasteiger charge is -2.10. The zero-order valence-electron chi connectivity index (χ0n) is 14.8. The van der Waals surface area contributed by atoms with Crippen LogP contribution >= 0.6 is 11.3 Å². The van der Waals surface area contributed by atoms with Crippen LogP contribution in [-0.2, 0) is 10.0 Å². The van der Waals surface area contributed by atoms with Crippen molar-refractivity contribution in [2.75, 3.05) is 4.72 Å². The van der Waals surface area contributed by atoms with Gasteiger partial charge in [0.2, 0.25) is 0 Å². The van der Waals surface area contributed by atoms with E-state index in [1.54, 1.807) is 12.1 Å². The Kier molecular flexibility index (Phi) is 4.47. The molecule has 0 amide bonds. The molecular weight excluding hydrogens is 356 g/mol. The summed E-state index contributed by atoms with van der Waals surface area (Å²) in [6.07, 6.45) is 0. The molecule has 0 atom stereocenters. The normalized spacial score (nSPS) is 11.7. The summed E-state index contributed by atoms with van der Waals surface area (Å²) < 4.78 is 34.3. The van der Waals surface area contributed by atoms with Crippen molar-refractivity contribution in [3.05, 3.63) is 50.8 Å². The Morgan fingerprint density at radius 1 is 1.08 bits per heavy atom. The highest BCUT2D eigenvalue weighted by Gasteiger charge is 2.29. The van der Waals surface area contributed by atoms with Crippen LogP contribution in [0.3, 0.4) is 0 Å². The van der Waals surface area contributed by atoms with Crippen LogP contribution in [0.25, 0.3) is 11.3 Å². The summed E-state index contributed by atoms with van der Waals surface area (Å²) in [7, 11) is -3.75. The lowest BCUT2D eigenvalue weighted by molar-refractivity contribution is 0.426. The topological polar surface area (TPSA) is 72.2 Å². The lowest BCUT2D eigenvalue weighted by Crippen LogP contribution is -2.14. The first-order valence-electron chi connectivity index (χ1n) is 7.83. The number of anilines is 1. The predicted molar refractivity (Wildman–Crippen MR) is 101 cm³/mol. The predicted octanol–water partition coefficient (Wildman–Crippen LogP) is 4.75. The molecule has 0 saturated heterocycles. The summed E-state index contributed by atoms with van der Waals surface area (Å²) in [6, 6.07) is 7.28. The molecule has 25 heavy (non-hydrogen) atoms. The van der Waals surface area contributed by atoms with Crippen molar-refractivity contribution in [3.63, 3.8) is 0 Å². The maximum atomic E-state index is 13.1. The fourth-order valence-corrected chi connectivity index (χ4v) is 5.71. The number of nitrogens with zero attached hydrogens (tertiary/aromatic N) is 1. The average Bonchev–Trinajstić information content (AvgIpc) is 2.98. The molecule has 3 rings (SSSR count). The number of hydrogen-bond acceptors (Lipinski definition) is 5. The van der Waals surface area contributed by atoms with E-state index in [1.807, 2.05) is 46.8 Å². The van der Waals surface area contributed by atoms with Gasteiger partial charge >= 0.3 is 0 Å². The molecule has 0 unspecified atom stereocenters. The number of sulfonamides is 1. The highest BCUT2D eigenvalue weighted by atomic mass is 32.2. The van der Waals surface area contributed by atoms with Crippen LogP contribution in [-0.4, -0.2) is 13.6 Å². The Balaban J connectivity index is 2.15. The van der Waals surface area contributed by atoms with Gasteiger partial charge in [-0.3, -0.25) is 4.72 Å². The van der Waals surface area contributed by atoms with E-state index in [4.69, 9.17) is 4.52 Å². The van der Waals surface area contributed by atoms with Gasteiger partial charge in [-0.1, -0.05) is 17.3 Å². The molecule has 5 nitrogen and oxygen atoms in total. The van der Waals surface area contributed by atoms with Crippen molar-refractivity contribution >= 4 is 27.0 Å². The van der Waals surface area contributed by atoms with Gasteiger partial charge in [0, 0.05) is 21.0 Å². The minimum Gasteiger partial charge on any atom is -0.356 e. The van der Waals surface area contributed by atoms with E-state index in [0.717, 1.165) is 26.6 Å². The van der Waals surface area contributed by atoms with Gasteiger partial charge in [-0.25, -0.2) is 8.42 Å². The first kappa shape index (κ1) is 17.7. The third-order valence-corrected chi connectivity index (χ3v) is 6.83. The largest absolute Gasteiger partial charge is 0.356 e. The summed E-state index contributed by atoms with van der Waals surface area (Å²) in [6.45, 7) is 9.36. The van der Waals surface area contributed by atoms with Crippen LogP contribution in [0.15, 0.2) is 33.7 Å². The van der Waals surface area contributed by atoms with Gasteiger partial charge in [0.15, 0.2) is 5.76 Å². The van der Waals surface area contributed by atoms with E-state index in [1.165, 1.54) is 11.3 Å². The van der Waals surface area contributed by atoms with E-state index in [0.29, 0.717) is 17.0 Å². The van der Waals surface area contributed by atoms with Crippen molar-refractivity contribution in [3.8, 4) is 11.3 Å². The number of nitrogens with one attached hydrogen (secondary N) is 1. The molecule has 2 aromatic heterocycles. The number of rotatable bonds is 4. The van der Waals surface area contributed by atoms with E-state index >= 15 is 0 Å². The Morgan fingerprint density at radius 2 is 1.80 bits per heavy atom. The SMILES string of the molecule is Cc1cccc(NS(=O)(=O)c2c(C)sc(C)c2-c2onc(C)c2C)c1. The second-order valence-corrected chi connectivity index (χ2v) is 9.16. The van der Waals surface area contributed by atoms with E-state index < -0.39 is 10.0 Å². The van der Waals surface area contributed by atoms with Crippen molar-refractivity contribution in [1.29, 1.82) is 0 Å². The monoisotopic (exact) mass is 376 g/mol. The van der Waals surface area contributed by atoms with Crippen LogP contribution in [0.1, 0.15) is 26.6 Å². The quantitative estimate of drug-likeness (QED) is 0.713. The van der Waals surface area contributed by atoms with Crippen LogP contribution in [0.2, 0.25) is 0 Å². The third kappa shape index (κ3) is 3.21. The van der Waals surface area contributed by atoms with Crippen molar-refractivity contribution in [2.45, 2.75) is 39.5 Å². The van der Waals surface area contributed by atoms with E-state index in [-0.39, 0.29) is 4.90 Å². The molecule has 0 aliphatic rings. The van der Waals surface area contributed by atoms with Crippen molar-refractivity contribution < 1.29 is 12.9 Å². The first-order valence-corrected chi connectivity index (χ1v) is 10.1. The number of thiophene rings is 1. The van der Waals surface area contributed by atoms with Gasteiger partial charge in [-0.2, -0.15) is 0 Å². The molecule has 0 fully saturated rings. The molecule has 1 N–H and O–H groups in total. The summed E-state index contributed by atoms with van der Waals surface area (Å²) in [5.74, 6) is 0.518. The Bertz CT molecular complexity index is 1050. The highest BCUT2D eigenvalue weighted by molar-refractivity contribution is 7.93.